The van der Waals surface area contributed by atoms with Gasteiger partial charge >= 0.3 is 5.76 Å². The van der Waals surface area contributed by atoms with Crippen LogP contribution in [0.3, 0.4) is 0 Å². The third kappa shape index (κ3) is 3.93. The van der Waals surface area contributed by atoms with Crippen molar-refractivity contribution < 1.29 is 17.2 Å². The zero-order chi connectivity index (χ0) is 15.5. The third-order valence-corrected chi connectivity index (χ3v) is 5.58. The van der Waals surface area contributed by atoms with Gasteiger partial charge in [0.1, 0.15) is 0 Å². The molecule has 1 aliphatic rings. The number of rotatable bonds is 5. The molecule has 1 fully saturated rings. The number of halogens is 2. The largest absolute Gasteiger partial charge is 0.384 e. The molecular formula is C15H21F2NO2S. The maximum atomic E-state index is 12.7. The first kappa shape index (κ1) is 16.2. The number of hydrogen-bond donors (Lipinski definition) is 1. The van der Waals surface area contributed by atoms with Crippen molar-refractivity contribution in [2.75, 3.05) is 11.9 Å². The van der Waals surface area contributed by atoms with Crippen LogP contribution in [-0.2, 0) is 9.84 Å². The lowest BCUT2D eigenvalue weighted by Gasteiger charge is -2.26. The molecule has 0 atom stereocenters. The second-order valence-corrected chi connectivity index (χ2v) is 7.69. The molecule has 0 saturated heterocycles. The molecule has 0 radical (unpaired) electrons. The zero-order valence-electron chi connectivity index (χ0n) is 12.1. The third-order valence-electron chi connectivity index (χ3n) is 4.14. The summed E-state index contributed by atoms with van der Waals surface area (Å²) in [4.78, 5) is -0.316. The van der Waals surface area contributed by atoms with E-state index < -0.39 is 15.6 Å². The first-order valence-electron chi connectivity index (χ1n) is 7.26. The summed E-state index contributed by atoms with van der Waals surface area (Å²) >= 11 is 0. The zero-order valence-corrected chi connectivity index (χ0v) is 12.9. The predicted molar refractivity (Wildman–Crippen MR) is 79.2 cm³/mol. The van der Waals surface area contributed by atoms with Crippen LogP contribution in [0.25, 0.3) is 0 Å². The van der Waals surface area contributed by atoms with E-state index >= 15 is 0 Å². The van der Waals surface area contributed by atoms with Crippen LogP contribution >= 0.6 is 0 Å². The minimum Gasteiger partial charge on any atom is -0.384 e. The van der Waals surface area contributed by atoms with E-state index in [-0.39, 0.29) is 10.6 Å². The molecule has 0 amide bonds. The van der Waals surface area contributed by atoms with Crippen molar-refractivity contribution in [1.29, 1.82) is 0 Å². The number of alkyl halides is 2. The fourth-order valence-corrected chi connectivity index (χ4v) is 3.65. The molecule has 2 rings (SSSR count). The maximum absolute atomic E-state index is 12.7. The monoisotopic (exact) mass is 317 g/mol. The average molecular weight is 317 g/mol. The van der Waals surface area contributed by atoms with Crippen LogP contribution in [0.4, 0.5) is 14.5 Å². The summed E-state index contributed by atoms with van der Waals surface area (Å²) in [5, 5.41) is 3.05. The van der Waals surface area contributed by atoms with E-state index in [0.717, 1.165) is 18.8 Å². The van der Waals surface area contributed by atoms with Crippen molar-refractivity contribution in [3.05, 3.63) is 24.3 Å². The molecule has 0 aromatic heterocycles. The summed E-state index contributed by atoms with van der Waals surface area (Å²) in [6, 6.07) is 5.88. The smallest absolute Gasteiger partial charge is 0.341 e. The van der Waals surface area contributed by atoms with Crippen molar-refractivity contribution in [3.8, 4) is 0 Å². The Labute approximate surface area is 124 Å². The van der Waals surface area contributed by atoms with Gasteiger partial charge in [-0.1, -0.05) is 31.9 Å². The Morgan fingerprint density at radius 2 is 1.81 bits per heavy atom. The van der Waals surface area contributed by atoms with Gasteiger partial charge in [-0.15, -0.1) is 0 Å². The van der Waals surface area contributed by atoms with Crippen LogP contribution in [0.15, 0.2) is 29.2 Å². The van der Waals surface area contributed by atoms with Gasteiger partial charge in [0.15, 0.2) is 0 Å². The van der Waals surface area contributed by atoms with E-state index in [1.165, 1.54) is 25.0 Å². The molecule has 118 valence electrons. The first-order chi connectivity index (χ1) is 9.91. The molecule has 1 aromatic carbocycles. The number of benzene rings is 1. The molecular weight excluding hydrogens is 296 g/mol. The molecule has 0 bridgehead atoms. The van der Waals surface area contributed by atoms with Gasteiger partial charge < -0.3 is 5.32 Å². The lowest BCUT2D eigenvalue weighted by Crippen LogP contribution is -2.21. The molecule has 1 N–H and O–H groups in total. The van der Waals surface area contributed by atoms with Crippen molar-refractivity contribution in [3.63, 3.8) is 0 Å². The number of sulfone groups is 1. The molecule has 1 aromatic rings. The van der Waals surface area contributed by atoms with Crippen molar-refractivity contribution >= 4 is 15.5 Å². The Balaban J connectivity index is 2.07. The van der Waals surface area contributed by atoms with Crippen LogP contribution < -0.4 is 5.32 Å². The Morgan fingerprint density at radius 1 is 1.19 bits per heavy atom. The highest BCUT2D eigenvalue weighted by atomic mass is 32.2. The van der Waals surface area contributed by atoms with E-state index in [0.29, 0.717) is 12.5 Å². The summed E-state index contributed by atoms with van der Waals surface area (Å²) in [6.45, 7) is 2.86. The van der Waals surface area contributed by atoms with Crippen LogP contribution in [0, 0.1) is 11.8 Å². The van der Waals surface area contributed by atoms with Gasteiger partial charge in [0.2, 0.25) is 9.84 Å². The lowest BCUT2D eigenvalue weighted by molar-refractivity contribution is 0.235. The van der Waals surface area contributed by atoms with E-state index in [2.05, 4.69) is 12.2 Å². The topological polar surface area (TPSA) is 46.2 Å². The van der Waals surface area contributed by atoms with Gasteiger partial charge in [0, 0.05) is 6.54 Å². The quantitative estimate of drug-likeness (QED) is 0.895. The number of para-hydroxylation sites is 1. The van der Waals surface area contributed by atoms with Crippen LogP contribution in [-0.4, -0.2) is 20.7 Å². The Bertz CT molecular complexity index is 567. The summed E-state index contributed by atoms with van der Waals surface area (Å²) in [5.74, 6) is -2.17. The fourth-order valence-electron chi connectivity index (χ4n) is 2.74. The molecule has 1 aliphatic carbocycles. The molecule has 6 heteroatoms. The van der Waals surface area contributed by atoms with Crippen molar-refractivity contribution in [1.82, 2.24) is 0 Å². The Morgan fingerprint density at radius 3 is 2.43 bits per heavy atom. The maximum Gasteiger partial charge on any atom is 0.341 e. The van der Waals surface area contributed by atoms with Gasteiger partial charge in [-0.05, 0) is 36.8 Å². The molecule has 0 unspecified atom stereocenters. The molecule has 0 spiro atoms. The van der Waals surface area contributed by atoms with Crippen LogP contribution in [0.5, 0.6) is 0 Å². The second-order valence-electron chi connectivity index (χ2n) is 5.81. The van der Waals surface area contributed by atoms with Gasteiger partial charge in [0.05, 0.1) is 10.6 Å². The van der Waals surface area contributed by atoms with E-state index in [9.17, 15) is 17.2 Å². The van der Waals surface area contributed by atoms with E-state index in [4.69, 9.17) is 0 Å². The van der Waals surface area contributed by atoms with Gasteiger partial charge in [0.25, 0.3) is 0 Å². The number of anilines is 1. The van der Waals surface area contributed by atoms with Gasteiger partial charge in [-0.2, -0.15) is 8.78 Å². The molecule has 1 saturated carbocycles. The van der Waals surface area contributed by atoms with Crippen molar-refractivity contribution in [2.45, 2.75) is 43.3 Å². The Hall–Kier alpha value is -1.17. The number of hydrogen-bond acceptors (Lipinski definition) is 3. The van der Waals surface area contributed by atoms with Gasteiger partial charge in [-0.3, -0.25) is 0 Å². The standard InChI is InChI=1S/C15H21F2NO2S/c1-11-6-8-12(9-7-11)10-18-13-4-2-3-5-14(13)21(19,20)15(16)17/h2-5,11-12,15,18H,6-10H2,1H3. The van der Waals surface area contributed by atoms with Crippen LogP contribution in [0.1, 0.15) is 32.6 Å². The minimum absolute atomic E-state index is 0.274. The van der Waals surface area contributed by atoms with E-state index in [1.807, 2.05) is 0 Å². The molecule has 0 aliphatic heterocycles. The van der Waals surface area contributed by atoms with Gasteiger partial charge in [-0.25, -0.2) is 8.42 Å². The van der Waals surface area contributed by atoms with Crippen LogP contribution in [0.2, 0.25) is 0 Å². The fraction of sp³-hybridized carbons (Fsp3) is 0.600. The SMILES string of the molecule is CC1CCC(CNc2ccccc2S(=O)(=O)C(F)F)CC1. The lowest BCUT2D eigenvalue weighted by atomic mass is 9.83. The summed E-state index contributed by atoms with van der Waals surface area (Å²) in [6.07, 6.45) is 4.53. The highest BCUT2D eigenvalue weighted by Crippen LogP contribution is 2.30. The second kappa shape index (κ2) is 6.73. The summed E-state index contributed by atoms with van der Waals surface area (Å²) in [7, 11) is -4.57. The van der Waals surface area contributed by atoms with E-state index in [1.54, 1.807) is 12.1 Å². The first-order valence-corrected chi connectivity index (χ1v) is 8.81. The Kier molecular flexibility index (Phi) is 5.19. The normalized spacial score (nSPS) is 23.2. The average Bonchev–Trinajstić information content (AvgIpc) is 2.47. The molecule has 21 heavy (non-hydrogen) atoms. The minimum atomic E-state index is -4.57. The molecule has 0 heterocycles. The molecule has 3 nitrogen and oxygen atoms in total. The predicted octanol–water partition coefficient (Wildman–Crippen LogP) is 3.92. The number of nitrogens with one attached hydrogen (secondary N) is 1. The summed E-state index contributed by atoms with van der Waals surface area (Å²) in [5.41, 5.74) is 0.274. The highest BCUT2D eigenvalue weighted by molar-refractivity contribution is 7.91. The summed E-state index contributed by atoms with van der Waals surface area (Å²) < 4.78 is 48.7. The van der Waals surface area contributed by atoms with Crippen molar-refractivity contribution in [2.24, 2.45) is 11.8 Å². The highest BCUT2D eigenvalue weighted by Gasteiger charge is 2.29.